The molecule has 164 valence electrons. The second-order valence-electron chi connectivity index (χ2n) is 7.47. The topological polar surface area (TPSA) is 74.3 Å². The smallest absolute Gasteiger partial charge is 0.321 e. The van der Waals surface area contributed by atoms with E-state index in [1.807, 2.05) is 42.6 Å². The fraction of sp³-hybridized carbons (Fsp3) is 0.160. The molecule has 0 fully saturated rings. The number of fused-ring (bicyclic) bond motifs is 1. The second kappa shape index (κ2) is 9.85. The number of aromatic nitrogens is 1. The van der Waals surface area contributed by atoms with E-state index in [1.54, 1.807) is 24.3 Å². The molecule has 4 aromatic rings. The van der Waals surface area contributed by atoms with Crippen LogP contribution < -0.4 is 10.1 Å². The molecule has 7 heteroatoms. The largest absolute Gasteiger partial charge is 0.489 e. The number of rotatable bonds is 9. The third-order valence-electron chi connectivity index (χ3n) is 5.32. The van der Waals surface area contributed by atoms with E-state index in [0.717, 1.165) is 22.0 Å². The highest BCUT2D eigenvalue weighted by Gasteiger charge is 2.19. The van der Waals surface area contributed by atoms with Gasteiger partial charge in [-0.1, -0.05) is 48.0 Å². The van der Waals surface area contributed by atoms with Gasteiger partial charge in [-0.15, -0.1) is 0 Å². The lowest BCUT2D eigenvalue weighted by Crippen LogP contribution is -2.38. The summed E-state index contributed by atoms with van der Waals surface area (Å²) in [7, 11) is 0. The maximum absolute atomic E-state index is 13.9. The van der Waals surface area contributed by atoms with Gasteiger partial charge in [-0.25, -0.2) is 4.39 Å². The Morgan fingerprint density at radius 2 is 1.88 bits per heavy atom. The van der Waals surface area contributed by atoms with Crippen LogP contribution in [0.5, 0.6) is 5.75 Å². The number of hydrogen-bond donors (Lipinski definition) is 3. The van der Waals surface area contributed by atoms with Crippen LogP contribution in [0, 0.1) is 5.82 Å². The van der Waals surface area contributed by atoms with Crippen molar-refractivity contribution in [2.24, 2.45) is 0 Å². The summed E-state index contributed by atoms with van der Waals surface area (Å²) >= 11 is 6.02. The van der Waals surface area contributed by atoms with E-state index in [9.17, 15) is 14.3 Å². The zero-order valence-electron chi connectivity index (χ0n) is 17.1. The molecule has 1 heterocycles. The minimum atomic E-state index is -0.906. The van der Waals surface area contributed by atoms with Crippen molar-refractivity contribution in [1.29, 1.82) is 0 Å². The molecule has 4 rings (SSSR count). The number of aromatic amines is 1. The van der Waals surface area contributed by atoms with Gasteiger partial charge in [0.1, 0.15) is 24.2 Å². The number of H-pyrrole nitrogens is 1. The first kappa shape index (κ1) is 21.9. The minimum Gasteiger partial charge on any atom is -0.489 e. The molecule has 0 radical (unpaired) electrons. The number of hydrogen-bond acceptors (Lipinski definition) is 3. The summed E-state index contributed by atoms with van der Waals surface area (Å²) in [6.45, 7) is 0.410. The van der Waals surface area contributed by atoms with Gasteiger partial charge in [0.25, 0.3) is 0 Å². The Labute approximate surface area is 189 Å². The molecule has 1 unspecified atom stereocenters. The second-order valence-corrected chi connectivity index (χ2v) is 7.88. The molecule has 0 saturated carbocycles. The van der Waals surface area contributed by atoms with Crippen molar-refractivity contribution in [2.75, 3.05) is 0 Å². The van der Waals surface area contributed by atoms with Crippen molar-refractivity contribution < 1.29 is 19.0 Å². The SMILES string of the molecule is O=C(O)C(Cc1c[nH]c2ccccc12)NCc1ccc(OCc2c(F)cccc2Cl)cc1. The number of benzene rings is 3. The van der Waals surface area contributed by atoms with E-state index < -0.39 is 17.8 Å². The lowest BCUT2D eigenvalue weighted by atomic mass is 10.0. The Hall–Kier alpha value is -3.35. The maximum Gasteiger partial charge on any atom is 0.321 e. The monoisotopic (exact) mass is 452 g/mol. The van der Waals surface area contributed by atoms with Crippen molar-refractivity contribution in [1.82, 2.24) is 10.3 Å². The van der Waals surface area contributed by atoms with Crippen molar-refractivity contribution in [3.05, 3.63) is 100 Å². The molecule has 0 bridgehead atoms. The summed E-state index contributed by atoms with van der Waals surface area (Å²) in [6, 6.07) is 18.8. The van der Waals surface area contributed by atoms with Crippen molar-refractivity contribution in [2.45, 2.75) is 25.6 Å². The number of ether oxygens (including phenoxy) is 1. The first-order valence-corrected chi connectivity index (χ1v) is 10.5. The number of halogens is 2. The average molecular weight is 453 g/mol. The Kier molecular flexibility index (Phi) is 6.73. The molecule has 0 aliphatic rings. The molecule has 0 spiro atoms. The standard InChI is InChI=1S/C25H22ClFN2O3/c26-21-5-3-6-22(27)20(21)15-32-18-10-8-16(9-11-18)13-28-24(25(30)31)12-17-14-29-23-7-2-1-4-19(17)23/h1-11,14,24,28-29H,12-13,15H2,(H,30,31). The van der Waals surface area contributed by atoms with Gasteiger partial charge in [-0.3, -0.25) is 4.79 Å². The van der Waals surface area contributed by atoms with E-state index in [4.69, 9.17) is 16.3 Å². The van der Waals surface area contributed by atoms with E-state index in [1.165, 1.54) is 6.07 Å². The van der Waals surface area contributed by atoms with Gasteiger partial charge in [-0.2, -0.15) is 0 Å². The van der Waals surface area contributed by atoms with E-state index in [0.29, 0.717) is 29.3 Å². The van der Waals surface area contributed by atoms with Crippen LogP contribution in [0.4, 0.5) is 4.39 Å². The first-order valence-electron chi connectivity index (χ1n) is 10.2. The summed E-state index contributed by atoms with van der Waals surface area (Å²) in [5.74, 6) is -0.744. The number of carboxylic acid groups (broad SMARTS) is 1. The van der Waals surface area contributed by atoms with E-state index in [-0.39, 0.29) is 6.61 Å². The maximum atomic E-state index is 13.9. The summed E-state index contributed by atoms with van der Waals surface area (Å²) in [6.07, 6.45) is 2.22. The van der Waals surface area contributed by atoms with Gasteiger partial charge in [-0.05, 0) is 41.5 Å². The summed E-state index contributed by atoms with van der Waals surface area (Å²) in [5, 5.41) is 14.1. The lowest BCUT2D eigenvalue weighted by Gasteiger charge is -2.15. The zero-order valence-corrected chi connectivity index (χ0v) is 17.9. The van der Waals surface area contributed by atoms with Crippen molar-refractivity contribution >= 4 is 28.5 Å². The number of nitrogens with one attached hydrogen (secondary N) is 2. The highest BCUT2D eigenvalue weighted by atomic mass is 35.5. The van der Waals surface area contributed by atoms with E-state index >= 15 is 0 Å². The molecule has 1 atom stereocenters. The predicted molar refractivity (Wildman–Crippen MR) is 122 cm³/mol. The zero-order chi connectivity index (χ0) is 22.5. The molecular formula is C25H22ClFN2O3. The lowest BCUT2D eigenvalue weighted by molar-refractivity contribution is -0.139. The van der Waals surface area contributed by atoms with Gasteiger partial charge in [0.2, 0.25) is 0 Å². The molecular weight excluding hydrogens is 431 g/mol. The number of para-hydroxylation sites is 1. The minimum absolute atomic E-state index is 0.0226. The van der Waals surface area contributed by atoms with Crippen LogP contribution in [0.25, 0.3) is 10.9 Å². The third-order valence-corrected chi connectivity index (χ3v) is 5.67. The summed E-state index contributed by atoms with van der Waals surface area (Å²) < 4.78 is 19.5. The first-order chi connectivity index (χ1) is 15.5. The van der Waals surface area contributed by atoms with Crippen LogP contribution in [0.3, 0.4) is 0 Å². The molecule has 5 nitrogen and oxygen atoms in total. The normalized spacial score (nSPS) is 12.1. The van der Waals surface area contributed by atoms with Crippen LogP contribution in [-0.4, -0.2) is 22.1 Å². The predicted octanol–water partition coefficient (Wildman–Crippen LogP) is 5.32. The Bertz CT molecular complexity index is 1200. The van der Waals surface area contributed by atoms with Crippen LogP contribution in [0.2, 0.25) is 5.02 Å². The molecule has 0 saturated heterocycles. The molecule has 1 aromatic heterocycles. The van der Waals surface area contributed by atoms with E-state index in [2.05, 4.69) is 10.3 Å². The molecule has 0 amide bonds. The quantitative estimate of drug-likeness (QED) is 0.321. The molecule has 3 N–H and O–H groups in total. The fourth-order valence-electron chi connectivity index (χ4n) is 3.54. The van der Waals surface area contributed by atoms with Gasteiger partial charge >= 0.3 is 5.97 Å². The van der Waals surface area contributed by atoms with Crippen LogP contribution >= 0.6 is 11.6 Å². The molecule has 32 heavy (non-hydrogen) atoms. The molecule has 3 aromatic carbocycles. The van der Waals surface area contributed by atoms with Crippen LogP contribution in [-0.2, 0) is 24.4 Å². The molecule has 0 aliphatic heterocycles. The summed E-state index contributed by atoms with van der Waals surface area (Å²) in [5.41, 5.74) is 3.16. The van der Waals surface area contributed by atoms with Crippen molar-refractivity contribution in [3.8, 4) is 5.75 Å². The van der Waals surface area contributed by atoms with Crippen LogP contribution in [0.1, 0.15) is 16.7 Å². The molecule has 0 aliphatic carbocycles. The Balaban J connectivity index is 1.35. The number of carboxylic acids is 1. The Morgan fingerprint density at radius 1 is 1.09 bits per heavy atom. The third kappa shape index (κ3) is 5.10. The highest BCUT2D eigenvalue weighted by molar-refractivity contribution is 6.31. The fourth-order valence-corrected chi connectivity index (χ4v) is 3.76. The highest BCUT2D eigenvalue weighted by Crippen LogP contribution is 2.22. The number of aliphatic carboxylic acids is 1. The van der Waals surface area contributed by atoms with Crippen LogP contribution in [0.15, 0.2) is 72.9 Å². The van der Waals surface area contributed by atoms with Crippen molar-refractivity contribution in [3.63, 3.8) is 0 Å². The van der Waals surface area contributed by atoms with Gasteiger partial charge in [0.05, 0.1) is 5.02 Å². The van der Waals surface area contributed by atoms with Gasteiger partial charge < -0.3 is 20.1 Å². The number of carbonyl (C=O) groups is 1. The summed E-state index contributed by atoms with van der Waals surface area (Å²) in [4.78, 5) is 15.0. The average Bonchev–Trinajstić information content (AvgIpc) is 3.20. The van der Waals surface area contributed by atoms with Gasteiger partial charge in [0.15, 0.2) is 0 Å². The Morgan fingerprint density at radius 3 is 2.62 bits per heavy atom. The van der Waals surface area contributed by atoms with Gasteiger partial charge in [0, 0.05) is 35.6 Å².